The van der Waals surface area contributed by atoms with Crippen molar-refractivity contribution < 1.29 is 9.53 Å². The van der Waals surface area contributed by atoms with E-state index in [1.807, 2.05) is 26.8 Å². The number of amides is 1. The number of hydrogen-bond acceptors (Lipinski definition) is 5. The highest BCUT2D eigenvalue weighted by molar-refractivity contribution is 7.21. The topological polar surface area (TPSA) is 77.2 Å². The van der Waals surface area contributed by atoms with Crippen molar-refractivity contribution in [3.63, 3.8) is 0 Å². The lowest BCUT2D eigenvalue weighted by atomic mass is 10.1. The van der Waals surface area contributed by atoms with Gasteiger partial charge in [0.25, 0.3) is 5.91 Å². The molecular weight excluding hydrogens is 286 g/mol. The second-order valence-corrected chi connectivity index (χ2v) is 6.55. The lowest BCUT2D eigenvalue weighted by molar-refractivity contribution is 0.0870. The van der Waals surface area contributed by atoms with Gasteiger partial charge in [0.15, 0.2) is 0 Å². The van der Waals surface area contributed by atoms with Crippen molar-refractivity contribution in [3.8, 4) is 0 Å². The van der Waals surface area contributed by atoms with E-state index in [0.29, 0.717) is 17.2 Å². The maximum Gasteiger partial charge on any atom is 0.263 e. The van der Waals surface area contributed by atoms with Gasteiger partial charge in [-0.1, -0.05) is 0 Å². The van der Waals surface area contributed by atoms with Crippen LogP contribution in [0.1, 0.15) is 34.3 Å². The zero-order chi connectivity index (χ0) is 15.1. The molecule has 2 unspecified atom stereocenters. The molecule has 1 saturated heterocycles. The Hall–Kier alpha value is -1.66. The number of fused-ring (bicyclic) bond motifs is 1. The number of pyridine rings is 1. The van der Waals surface area contributed by atoms with Crippen molar-refractivity contribution in [3.05, 3.63) is 22.2 Å². The summed E-state index contributed by atoms with van der Waals surface area (Å²) in [5.74, 6) is -0.130. The Labute approximate surface area is 127 Å². The molecule has 0 spiro atoms. The molecule has 0 aromatic carbocycles. The third kappa shape index (κ3) is 2.49. The number of ether oxygens (including phenoxy) is 1. The largest absolute Gasteiger partial charge is 0.397 e. The number of nitrogens with zero attached hydrogens (tertiary/aromatic N) is 1. The molecule has 3 heterocycles. The summed E-state index contributed by atoms with van der Waals surface area (Å²) in [6, 6.07) is 2.04. The van der Waals surface area contributed by atoms with Crippen LogP contribution in [0.4, 0.5) is 5.69 Å². The van der Waals surface area contributed by atoms with E-state index in [0.717, 1.165) is 27.9 Å². The second kappa shape index (κ2) is 5.27. The van der Waals surface area contributed by atoms with Crippen LogP contribution in [-0.4, -0.2) is 29.6 Å². The number of rotatable bonds is 2. The molecule has 1 aliphatic rings. The highest BCUT2D eigenvalue weighted by Crippen LogP contribution is 2.35. The van der Waals surface area contributed by atoms with Crippen LogP contribution in [0.2, 0.25) is 0 Å². The zero-order valence-electron chi connectivity index (χ0n) is 12.4. The van der Waals surface area contributed by atoms with Gasteiger partial charge in [-0.3, -0.25) is 4.79 Å². The van der Waals surface area contributed by atoms with E-state index in [1.165, 1.54) is 11.3 Å². The minimum atomic E-state index is -0.130. The summed E-state index contributed by atoms with van der Waals surface area (Å²) in [5, 5.41) is 3.91. The molecule has 3 rings (SSSR count). The lowest BCUT2D eigenvalue weighted by Gasteiger charge is -2.15. The van der Waals surface area contributed by atoms with Crippen molar-refractivity contribution in [2.75, 3.05) is 12.3 Å². The smallest absolute Gasteiger partial charge is 0.263 e. The minimum Gasteiger partial charge on any atom is -0.397 e. The first kappa shape index (κ1) is 14.3. The molecule has 0 bridgehead atoms. The molecule has 21 heavy (non-hydrogen) atoms. The van der Waals surface area contributed by atoms with Crippen molar-refractivity contribution in [1.29, 1.82) is 0 Å². The molecule has 1 aliphatic heterocycles. The fourth-order valence-electron chi connectivity index (χ4n) is 2.79. The highest BCUT2D eigenvalue weighted by atomic mass is 32.1. The normalized spacial score (nSPS) is 21.9. The number of carbonyl (C=O) groups excluding carboxylic acids is 1. The summed E-state index contributed by atoms with van der Waals surface area (Å²) in [4.78, 5) is 18.3. The molecule has 3 N–H and O–H groups in total. The Bertz CT molecular complexity index is 710. The van der Waals surface area contributed by atoms with E-state index in [1.54, 1.807) is 0 Å². The molecular formula is C15H19N3O2S. The van der Waals surface area contributed by atoms with E-state index in [-0.39, 0.29) is 18.1 Å². The van der Waals surface area contributed by atoms with Gasteiger partial charge in [-0.2, -0.15) is 0 Å². The van der Waals surface area contributed by atoms with Crippen molar-refractivity contribution in [1.82, 2.24) is 10.3 Å². The summed E-state index contributed by atoms with van der Waals surface area (Å²) in [6.07, 6.45) is 0.889. The molecule has 1 fully saturated rings. The van der Waals surface area contributed by atoms with E-state index in [4.69, 9.17) is 10.5 Å². The van der Waals surface area contributed by atoms with Crippen LogP contribution in [0.15, 0.2) is 6.07 Å². The quantitative estimate of drug-likeness (QED) is 0.893. The minimum absolute atomic E-state index is 0.0478. The first-order valence-electron chi connectivity index (χ1n) is 7.06. The van der Waals surface area contributed by atoms with Crippen molar-refractivity contribution in [2.45, 2.75) is 39.3 Å². The lowest BCUT2D eigenvalue weighted by Crippen LogP contribution is -2.39. The fraction of sp³-hybridized carbons (Fsp3) is 0.467. The summed E-state index contributed by atoms with van der Waals surface area (Å²) < 4.78 is 5.47. The molecule has 2 aromatic heterocycles. The van der Waals surface area contributed by atoms with Crippen LogP contribution >= 0.6 is 11.3 Å². The average molecular weight is 305 g/mol. The van der Waals surface area contributed by atoms with Gasteiger partial charge in [0.05, 0.1) is 17.8 Å². The number of aromatic nitrogens is 1. The molecule has 1 amide bonds. The van der Waals surface area contributed by atoms with Gasteiger partial charge in [0.1, 0.15) is 9.71 Å². The van der Waals surface area contributed by atoms with Crippen LogP contribution in [0.25, 0.3) is 10.2 Å². The third-order valence-electron chi connectivity index (χ3n) is 3.92. The standard InChI is InChI=1S/C15H19N3O2S/c1-7-6-8(2)17-15-11(7)12(16)13(21-15)14(19)18-10-4-5-20-9(10)3/h6,9-10H,4-5,16H2,1-3H3,(H,18,19). The predicted molar refractivity (Wildman–Crippen MR) is 84.8 cm³/mol. The van der Waals surface area contributed by atoms with Gasteiger partial charge < -0.3 is 15.8 Å². The van der Waals surface area contributed by atoms with Crippen LogP contribution in [0.5, 0.6) is 0 Å². The van der Waals surface area contributed by atoms with Crippen molar-refractivity contribution in [2.24, 2.45) is 0 Å². The number of aryl methyl sites for hydroxylation is 2. The van der Waals surface area contributed by atoms with Crippen LogP contribution in [0.3, 0.4) is 0 Å². The zero-order valence-corrected chi connectivity index (χ0v) is 13.2. The first-order valence-corrected chi connectivity index (χ1v) is 7.87. The Kier molecular flexibility index (Phi) is 3.59. The molecule has 6 heteroatoms. The SMILES string of the molecule is Cc1cc(C)c2c(N)c(C(=O)NC3CCOC3C)sc2n1. The second-order valence-electron chi connectivity index (χ2n) is 5.55. The monoisotopic (exact) mass is 305 g/mol. The summed E-state index contributed by atoms with van der Waals surface area (Å²) in [6.45, 7) is 6.60. The Balaban J connectivity index is 1.95. The summed E-state index contributed by atoms with van der Waals surface area (Å²) in [5.41, 5.74) is 8.70. The van der Waals surface area contributed by atoms with Gasteiger partial charge in [-0.25, -0.2) is 4.98 Å². The van der Waals surface area contributed by atoms with Gasteiger partial charge in [-0.05, 0) is 38.8 Å². The molecule has 0 aliphatic carbocycles. The number of anilines is 1. The number of nitrogen functional groups attached to an aromatic ring is 1. The van der Waals surface area contributed by atoms with E-state index >= 15 is 0 Å². The van der Waals surface area contributed by atoms with E-state index in [2.05, 4.69) is 10.3 Å². The molecule has 2 atom stereocenters. The molecule has 0 radical (unpaired) electrons. The number of nitrogens with two attached hydrogens (primary N) is 1. The Morgan fingerprint density at radius 1 is 1.52 bits per heavy atom. The van der Waals surface area contributed by atoms with Crippen molar-refractivity contribution >= 4 is 33.1 Å². The number of thiophene rings is 1. The van der Waals surface area contributed by atoms with Gasteiger partial charge in [0.2, 0.25) is 0 Å². The van der Waals surface area contributed by atoms with Gasteiger partial charge >= 0.3 is 0 Å². The summed E-state index contributed by atoms with van der Waals surface area (Å²) >= 11 is 1.36. The number of nitrogens with one attached hydrogen (secondary N) is 1. The maximum absolute atomic E-state index is 12.5. The number of carbonyl (C=O) groups is 1. The average Bonchev–Trinajstić information content (AvgIpc) is 2.94. The fourth-order valence-corrected chi connectivity index (χ4v) is 3.91. The van der Waals surface area contributed by atoms with Crippen LogP contribution < -0.4 is 11.1 Å². The van der Waals surface area contributed by atoms with Gasteiger partial charge in [0, 0.05) is 17.7 Å². The number of hydrogen-bond donors (Lipinski definition) is 2. The molecule has 112 valence electrons. The highest BCUT2D eigenvalue weighted by Gasteiger charge is 2.28. The van der Waals surface area contributed by atoms with Gasteiger partial charge in [-0.15, -0.1) is 11.3 Å². The Morgan fingerprint density at radius 2 is 2.29 bits per heavy atom. The molecule has 0 saturated carbocycles. The summed E-state index contributed by atoms with van der Waals surface area (Å²) in [7, 11) is 0. The third-order valence-corrected chi connectivity index (χ3v) is 5.02. The molecule has 2 aromatic rings. The van der Waals surface area contributed by atoms with E-state index < -0.39 is 0 Å². The predicted octanol–water partition coefficient (Wildman–Crippen LogP) is 2.40. The maximum atomic E-state index is 12.5. The first-order chi connectivity index (χ1) is 9.97. The van der Waals surface area contributed by atoms with Crippen LogP contribution in [0, 0.1) is 13.8 Å². The van der Waals surface area contributed by atoms with E-state index in [9.17, 15) is 4.79 Å². The molecule has 5 nitrogen and oxygen atoms in total. The van der Waals surface area contributed by atoms with Crippen LogP contribution in [-0.2, 0) is 4.74 Å². The Morgan fingerprint density at radius 3 is 2.95 bits per heavy atom.